The largest absolute Gasteiger partial charge is 0.480 e. The molecule has 10 heteroatoms. The van der Waals surface area contributed by atoms with Crippen LogP contribution in [0.3, 0.4) is 0 Å². The van der Waals surface area contributed by atoms with Gasteiger partial charge in [0.05, 0.1) is 0 Å². The predicted molar refractivity (Wildman–Crippen MR) is 92.9 cm³/mol. The van der Waals surface area contributed by atoms with E-state index >= 15 is 0 Å². The lowest BCUT2D eigenvalue weighted by molar-refractivity contribution is -0.138. The maximum absolute atomic E-state index is 14.0. The van der Waals surface area contributed by atoms with E-state index in [0.29, 0.717) is 5.56 Å². The number of aryl methyl sites for hydroxylation is 1. The molecular weight excluding hydrogens is 382 g/mol. The number of carboxylic acid groups (broad SMARTS) is 1. The summed E-state index contributed by atoms with van der Waals surface area (Å²) in [6.07, 6.45) is 0. The number of benzene rings is 2. The highest BCUT2D eigenvalue weighted by molar-refractivity contribution is 7.89. The number of sulfonamides is 1. The summed E-state index contributed by atoms with van der Waals surface area (Å²) in [4.78, 5) is 22.2. The fourth-order valence-electron chi connectivity index (χ4n) is 2.07. The summed E-state index contributed by atoms with van der Waals surface area (Å²) >= 11 is 0. The first kappa shape index (κ1) is 20.5. The molecule has 2 rings (SSSR count). The molecule has 0 aromatic heterocycles. The van der Waals surface area contributed by atoms with Gasteiger partial charge in [-0.3, -0.25) is 9.59 Å². The molecule has 0 saturated carbocycles. The summed E-state index contributed by atoms with van der Waals surface area (Å²) < 4.78 is 53.7. The standard InChI is InChI=1S/C17H16F2N2O5S/c1-9-3-5-12(8-14(9)19)20-16(22)11-4-6-13(18)15(7-11)27(25,26)21-10(2)17(23)24/h3-8,10,21H,1-2H3,(H,20,22)(H,23,24)/t10-/m1/s1. The van der Waals surface area contributed by atoms with E-state index in [1.54, 1.807) is 11.6 Å². The van der Waals surface area contributed by atoms with Gasteiger partial charge in [0.2, 0.25) is 10.0 Å². The van der Waals surface area contributed by atoms with Crippen LogP contribution in [0.1, 0.15) is 22.8 Å². The van der Waals surface area contributed by atoms with Crippen molar-refractivity contribution in [1.29, 1.82) is 0 Å². The van der Waals surface area contributed by atoms with E-state index in [4.69, 9.17) is 5.11 Å². The van der Waals surface area contributed by atoms with Crippen molar-refractivity contribution in [2.24, 2.45) is 0 Å². The van der Waals surface area contributed by atoms with Gasteiger partial charge in [0.25, 0.3) is 5.91 Å². The van der Waals surface area contributed by atoms with Crippen molar-refractivity contribution in [2.75, 3.05) is 5.32 Å². The second-order valence-corrected chi connectivity index (χ2v) is 7.43. The van der Waals surface area contributed by atoms with Crippen LogP contribution in [0, 0.1) is 18.6 Å². The molecule has 2 aromatic carbocycles. The van der Waals surface area contributed by atoms with Gasteiger partial charge >= 0.3 is 5.97 Å². The Bertz CT molecular complexity index is 1010. The Labute approximate surface area is 154 Å². The minimum absolute atomic E-state index is 0.134. The number of amides is 1. The molecule has 1 atom stereocenters. The van der Waals surface area contributed by atoms with Crippen molar-refractivity contribution in [3.05, 3.63) is 59.2 Å². The summed E-state index contributed by atoms with van der Waals surface area (Å²) in [5, 5.41) is 11.2. The number of nitrogens with one attached hydrogen (secondary N) is 2. The van der Waals surface area contributed by atoms with E-state index in [1.807, 2.05) is 0 Å². The Morgan fingerprint density at radius 2 is 1.74 bits per heavy atom. The first-order valence-corrected chi connectivity index (χ1v) is 9.12. The smallest absolute Gasteiger partial charge is 0.321 e. The maximum atomic E-state index is 14.0. The van der Waals surface area contributed by atoms with Crippen LogP contribution in [-0.2, 0) is 14.8 Å². The minimum Gasteiger partial charge on any atom is -0.480 e. The zero-order chi connectivity index (χ0) is 20.4. The second kappa shape index (κ2) is 7.80. The van der Waals surface area contributed by atoms with E-state index in [0.717, 1.165) is 31.2 Å². The average Bonchev–Trinajstić information content (AvgIpc) is 2.57. The third-order valence-corrected chi connectivity index (χ3v) is 5.17. The molecule has 0 aliphatic carbocycles. The van der Waals surface area contributed by atoms with Crippen LogP contribution in [0.25, 0.3) is 0 Å². The lowest BCUT2D eigenvalue weighted by atomic mass is 10.2. The molecule has 0 bridgehead atoms. The first-order chi connectivity index (χ1) is 12.5. The van der Waals surface area contributed by atoms with Gasteiger partial charge in [0.15, 0.2) is 0 Å². The van der Waals surface area contributed by atoms with Crippen molar-refractivity contribution < 1.29 is 31.9 Å². The van der Waals surface area contributed by atoms with E-state index < -0.39 is 44.5 Å². The number of hydrogen-bond acceptors (Lipinski definition) is 4. The molecule has 3 N–H and O–H groups in total. The number of hydrogen-bond donors (Lipinski definition) is 3. The maximum Gasteiger partial charge on any atom is 0.321 e. The van der Waals surface area contributed by atoms with Gasteiger partial charge in [-0.25, -0.2) is 17.2 Å². The molecule has 2 aromatic rings. The Balaban J connectivity index is 2.31. The molecule has 0 spiro atoms. The number of halogens is 2. The summed E-state index contributed by atoms with van der Waals surface area (Å²) in [5.41, 5.74) is 0.303. The van der Waals surface area contributed by atoms with Gasteiger partial charge in [-0.15, -0.1) is 0 Å². The van der Waals surface area contributed by atoms with Gasteiger partial charge < -0.3 is 10.4 Å². The van der Waals surface area contributed by atoms with Crippen LogP contribution in [0.4, 0.5) is 14.5 Å². The second-order valence-electron chi connectivity index (χ2n) is 5.74. The van der Waals surface area contributed by atoms with E-state index in [2.05, 4.69) is 5.32 Å². The van der Waals surface area contributed by atoms with Crippen LogP contribution in [0.15, 0.2) is 41.3 Å². The van der Waals surface area contributed by atoms with E-state index in [-0.39, 0.29) is 11.3 Å². The molecule has 7 nitrogen and oxygen atoms in total. The first-order valence-electron chi connectivity index (χ1n) is 7.63. The van der Waals surface area contributed by atoms with E-state index in [9.17, 15) is 26.8 Å². The molecular formula is C17H16F2N2O5S. The van der Waals surface area contributed by atoms with Gasteiger partial charge in [-0.2, -0.15) is 4.72 Å². The van der Waals surface area contributed by atoms with Crippen LogP contribution < -0.4 is 10.0 Å². The van der Waals surface area contributed by atoms with Crippen LogP contribution in [0.5, 0.6) is 0 Å². The Hall–Kier alpha value is -2.85. The van der Waals surface area contributed by atoms with Gasteiger partial charge in [-0.05, 0) is 49.7 Å². The summed E-state index contributed by atoms with van der Waals surface area (Å²) in [5.74, 6) is -3.93. The van der Waals surface area contributed by atoms with Crippen molar-refractivity contribution >= 4 is 27.6 Å². The van der Waals surface area contributed by atoms with E-state index in [1.165, 1.54) is 12.1 Å². The molecule has 0 aliphatic heterocycles. The number of rotatable bonds is 6. The van der Waals surface area contributed by atoms with Crippen molar-refractivity contribution in [3.63, 3.8) is 0 Å². The van der Waals surface area contributed by atoms with Crippen LogP contribution in [-0.4, -0.2) is 31.4 Å². The fraction of sp³-hybridized carbons (Fsp3) is 0.176. The third-order valence-electron chi connectivity index (χ3n) is 3.61. The van der Waals surface area contributed by atoms with Gasteiger partial charge in [-0.1, -0.05) is 6.07 Å². The molecule has 0 fully saturated rings. The van der Waals surface area contributed by atoms with Crippen molar-refractivity contribution in [1.82, 2.24) is 4.72 Å². The Kier molecular flexibility index (Phi) is 5.91. The number of aliphatic carboxylic acids is 1. The molecule has 0 aliphatic rings. The van der Waals surface area contributed by atoms with Crippen LogP contribution >= 0.6 is 0 Å². The van der Waals surface area contributed by atoms with Crippen LogP contribution in [0.2, 0.25) is 0 Å². The monoisotopic (exact) mass is 398 g/mol. The fourth-order valence-corrected chi connectivity index (χ4v) is 3.37. The number of carbonyl (C=O) groups is 2. The SMILES string of the molecule is Cc1ccc(NC(=O)c2ccc(F)c(S(=O)(=O)N[C@H](C)C(=O)O)c2)cc1F. The van der Waals surface area contributed by atoms with Gasteiger partial charge in [0.1, 0.15) is 22.6 Å². The van der Waals surface area contributed by atoms with Crippen molar-refractivity contribution in [3.8, 4) is 0 Å². The zero-order valence-electron chi connectivity index (χ0n) is 14.3. The Morgan fingerprint density at radius 1 is 1.07 bits per heavy atom. The highest BCUT2D eigenvalue weighted by atomic mass is 32.2. The lowest BCUT2D eigenvalue weighted by Crippen LogP contribution is -2.38. The minimum atomic E-state index is -4.52. The zero-order valence-corrected chi connectivity index (χ0v) is 15.1. The Morgan fingerprint density at radius 3 is 2.33 bits per heavy atom. The summed E-state index contributed by atoms with van der Waals surface area (Å²) in [6.45, 7) is 2.61. The molecule has 27 heavy (non-hydrogen) atoms. The highest BCUT2D eigenvalue weighted by Crippen LogP contribution is 2.19. The number of carbonyl (C=O) groups excluding carboxylic acids is 1. The number of carboxylic acids is 1. The molecule has 0 saturated heterocycles. The number of anilines is 1. The molecule has 0 heterocycles. The molecule has 0 unspecified atom stereocenters. The lowest BCUT2D eigenvalue weighted by Gasteiger charge is -2.12. The molecule has 0 radical (unpaired) electrons. The normalized spacial score (nSPS) is 12.4. The van der Waals surface area contributed by atoms with Gasteiger partial charge in [0, 0.05) is 11.3 Å². The third kappa shape index (κ3) is 4.86. The predicted octanol–water partition coefficient (Wildman–Crippen LogP) is 2.28. The average molecular weight is 398 g/mol. The quantitative estimate of drug-likeness (QED) is 0.691. The summed E-state index contributed by atoms with van der Waals surface area (Å²) in [6, 6.07) is 5.08. The highest BCUT2D eigenvalue weighted by Gasteiger charge is 2.25. The summed E-state index contributed by atoms with van der Waals surface area (Å²) in [7, 11) is -4.52. The topological polar surface area (TPSA) is 113 Å². The molecule has 144 valence electrons. The molecule has 1 amide bonds. The van der Waals surface area contributed by atoms with Crippen molar-refractivity contribution in [2.45, 2.75) is 24.8 Å².